The summed E-state index contributed by atoms with van der Waals surface area (Å²) in [7, 11) is 0. The van der Waals surface area contributed by atoms with E-state index in [4.69, 9.17) is 18.9 Å². The zero-order valence-electron chi connectivity index (χ0n) is 31.7. The van der Waals surface area contributed by atoms with Gasteiger partial charge in [-0.15, -0.1) is 0 Å². The number of hydrogen-bond acceptors (Lipinski definition) is 11. The highest BCUT2D eigenvalue weighted by Crippen LogP contribution is 2.28. The fourth-order valence-electron chi connectivity index (χ4n) is 7.25. The van der Waals surface area contributed by atoms with Crippen LogP contribution in [0.5, 0.6) is 5.75 Å². The van der Waals surface area contributed by atoms with Crippen molar-refractivity contribution in [2.45, 2.75) is 83.3 Å². The molecule has 1 unspecified atom stereocenters. The summed E-state index contributed by atoms with van der Waals surface area (Å²) in [5.41, 5.74) is 1.29. The molecule has 55 heavy (non-hydrogen) atoms. The number of esters is 1. The fourth-order valence-corrected chi connectivity index (χ4v) is 7.25. The molecular weight excluding hydrogens is 712 g/mol. The Morgan fingerprint density at radius 1 is 0.945 bits per heavy atom. The van der Waals surface area contributed by atoms with Crippen molar-refractivity contribution in [2.24, 2.45) is 5.92 Å². The summed E-state index contributed by atoms with van der Waals surface area (Å²) in [6.07, 6.45) is 4.48. The molecule has 2 N–H and O–H groups in total. The van der Waals surface area contributed by atoms with E-state index in [1.807, 2.05) is 13.0 Å². The summed E-state index contributed by atoms with van der Waals surface area (Å²) in [5, 5.41) is 6.43. The first-order valence-electron chi connectivity index (χ1n) is 19.5. The minimum Gasteiger partial charge on any atom is -0.483 e. The molecule has 5 amide bonds. The minimum atomic E-state index is -1.11. The van der Waals surface area contributed by atoms with E-state index in [0.29, 0.717) is 43.5 Å². The number of fused-ring (bicyclic) bond motifs is 1. The van der Waals surface area contributed by atoms with Crippen LogP contribution in [0.1, 0.15) is 74.3 Å². The van der Waals surface area contributed by atoms with E-state index in [1.165, 1.54) is 11.0 Å². The van der Waals surface area contributed by atoms with Gasteiger partial charge in [-0.2, -0.15) is 0 Å². The molecular formula is C39H52N6O10. The van der Waals surface area contributed by atoms with E-state index in [0.717, 1.165) is 31.2 Å². The highest BCUT2D eigenvalue weighted by Gasteiger charge is 2.36. The Labute approximate surface area is 320 Å². The van der Waals surface area contributed by atoms with Gasteiger partial charge in [0.2, 0.25) is 11.8 Å². The summed E-state index contributed by atoms with van der Waals surface area (Å²) >= 11 is 0. The number of aryl methyl sites for hydroxylation is 1. The van der Waals surface area contributed by atoms with Crippen LogP contribution in [0.25, 0.3) is 10.9 Å². The van der Waals surface area contributed by atoms with E-state index in [1.54, 1.807) is 28.9 Å². The van der Waals surface area contributed by atoms with Gasteiger partial charge < -0.3 is 44.3 Å². The molecule has 0 bridgehead atoms. The van der Waals surface area contributed by atoms with Crippen LogP contribution in [-0.2, 0) is 33.4 Å². The van der Waals surface area contributed by atoms with Crippen molar-refractivity contribution in [3.8, 4) is 5.75 Å². The van der Waals surface area contributed by atoms with Gasteiger partial charge in [-0.3, -0.25) is 24.0 Å². The van der Waals surface area contributed by atoms with Gasteiger partial charge in [-0.25, -0.2) is 9.78 Å². The molecule has 3 saturated heterocycles. The van der Waals surface area contributed by atoms with Crippen molar-refractivity contribution in [3.63, 3.8) is 0 Å². The van der Waals surface area contributed by atoms with Crippen molar-refractivity contribution in [1.29, 1.82) is 0 Å². The van der Waals surface area contributed by atoms with Gasteiger partial charge in [0.05, 0.1) is 25.3 Å². The summed E-state index contributed by atoms with van der Waals surface area (Å²) < 4.78 is 22.0. The first-order chi connectivity index (χ1) is 26.6. The Morgan fingerprint density at radius 3 is 2.44 bits per heavy atom. The van der Waals surface area contributed by atoms with E-state index in [9.17, 15) is 28.8 Å². The largest absolute Gasteiger partial charge is 0.483 e. The maximum atomic E-state index is 13.9. The third-order valence-electron chi connectivity index (χ3n) is 10.7. The number of carbonyl (C=O) groups excluding carboxylic acids is 6. The lowest BCUT2D eigenvalue weighted by molar-refractivity contribution is -0.145. The third-order valence-corrected chi connectivity index (χ3v) is 10.7. The summed E-state index contributed by atoms with van der Waals surface area (Å²) in [6.45, 7) is 6.25. The van der Waals surface area contributed by atoms with Crippen molar-refractivity contribution >= 4 is 46.6 Å². The minimum absolute atomic E-state index is 0.0292. The number of carbonyl (C=O) groups is 6. The smallest absolute Gasteiger partial charge is 0.409 e. The molecule has 3 aliphatic heterocycles. The van der Waals surface area contributed by atoms with Crippen LogP contribution < -0.4 is 15.4 Å². The van der Waals surface area contributed by atoms with Crippen LogP contribution in [0.3, 0.4) is 0 Å². The molecule has 1 aromatic heterocycles. The summed E-state index contributed by atoms with van der Waals surface area (Å²) in [4.78, 5) is 88.5. The van der Waals surface area contributed by atoms with Crippen LogP contribution in [0, 0.1) is 12.8 Å². The molecule has 16 heteroatoms. The molecule has 2 aromatic rings. The zero-order chi connectivity index (χ0) is 38.9. The molecule has 1 saturated carbocycles. The second-order valence-corrected chi connectivity index (χ2v) is 14.7. The highest BCUT2D eigenvalue weighted by molar-refractivity contribution is 5.99. The molecule has 4 fully saturated rings. The van der Waals surface area contributed by atoms with Gasteiger partial charge in [0.15, 0.2) is 6.61 Å². The SMILES string of the molecule is CCOC(=O)N1CCN(C(=O)[C@H](CCC(=O)OCC2CCOC2)NC(=O)c2cc(OCC(=O)N3CCC[C@H]3C(=O)NC3CCC3)c3ccc(C)cc3n2)CC1. The van der Waals surface area contributed by atoms with Gasteiger partial charge in [0.25, 0.3) is 11.8 Å². The predicted octanol–water partition coefficient (Wildman–Crippen LogP) is 2.34. The lowest BCUT2D eigenvalue weighted by Crippen LogP contribution is -2.56. The lowest BCUT2D eigenvalue weighted by atomic mass is 9.93. The first kappa shape index (κ1) is 39.7. The Bertz CT molecular complexity index is 1740. The lowest BCUT2D eigenvalue weighted by Gasteiger charge is -2.36. The van der Waals surface area contributed by atoms with Crippen LogP contribution in [-0.4, -0.2) is 139 Å². The number of benzene rings is 1. The molecule has 1 aliphatic carbocycles. The van der Waals surface area contributed by atoms with Crippen molar-refractivity contribution in [1.82, 2.24) is 30.3 Å². The maximum Gasteiger partial charge on any atom is 0.409 e. The van der Waals surface area contributed by atoms with Crippen molar-refractivity contribution in [2.75, 3.05) is 65.8 Å². The molecule has 4 heterocycles. The van der Waals surface area contributed by atoms with E-state index >= 15 is 0 Å². The molecule has 298 valence electrons. The second kappa shape index (κ2) is 18.6. The van der Waals surface area contributed by atoms with Gasteiger partial charge in [-0.05, 0) is 76.5 Å². The molecule has 0 spiro atoms. The summed E-state index contributed by atoms with van der Waals surface area (Å²) in [6, 6.07) is 5.40. The van der Waals surface area contributed by atoms with Crippen LogP contribution >= 0.6 is 0 Å². The summed E-state index contributed by atoms with van der Waals surface area (Å²) in [5.74, 6) is -1.68. The number of rotatable bonds is 14. The Morgan fingerprint density at radius 2 is 1.73 bits per heavy atom. The third kappa shape index (κ3) is 10.2. The Hall–Kier alpha value is -4.99. The number of nitrogens with one attached hydrogen (secondary N) is 2. The normalized spacial score (nSPS) is 20.4. The standard InChI is InChI=1S/C39H52N6O10/c1-3-53-39(51)44-17-15-43(16-18-44)38(50)29(11-12-35(47)55-23-26-13-19-52-22-26)42-36(48)31-21-33(28-10-9-25(2)20-30(28)41-31)54-24-34(46)45-14-5-8-32(45)37(49)40-27-6-4-7-27/h9-10,20-21,26-27,29,32H,3-8,11-19,22-24H2,1-2H3,(H,40,49)(H,42,48)/t26?,29-,32-/m0/s1. The molecule has 6 rings (SSSR count). The Balaban J connectivity index is 1.15. The number of hydrogen-bond donors (Lipinski definition) is 2. The number of nitrogens with zero attached hydrogens (tertiary/aromatic N) is 4. The predicted molar refractivity (Wildman–Crippen MR) is 198 cm³/mol. The number of pyridine rings is 1. The average Bonchev–Trinajstić information content (AvgIpc) is 3.89. The van der Waals surface area contributed by atoms with Gasteiger partial charge >= 0.3 is 12.1 Å². The van der Waals surface area contributed by atoms with Crippen LogP contribution in [0.2, 0.25) is 0 Å². The molecule has 16 nitrogen and oxygen atoms in total. The monoisotopic (exact) mass is 764 g/mol. The topological polar surface area (TPSA) is 186 Å². The van der Waals surface area contributed by atoms with Gasteiger partial charge in [0, 0.05) is 69.2 Å². The number of ether oxygens (including phenoxy) is 4. The average molecular weight is 765 g/mol. The van der Waals surface area contributed by atoms with Gasteiger partial charge in [-0.1, -0.05) is 6.07 Å². The van der Waals surface area contributed by atoms with E-state index in [-0.39, 0.29) is 94.1 Å². The zero-order valence-corrected chi connectivity index (χ0v) is 31.7. The van der Waals surface area contributed by atoms with Crippen molar-refractivity contribution < 1.29 is 47.7 Å². The number of amides is 5. The second-order valence-electron chi connectivity index (χ2n) is 14.7. The fraction of sp³-hybridized carbons (Fsp3) is 0.615. The maximum absolute atomic E-state index is 13.9. The molecule has 0 radical (unpaired) electrons. The molecule has 1 aromatic carbocycles. The first-order valence-corrected chi connectivity index (χ1v) is 19.5. The highest BCUT2D eigenvalue weighted by atomic mass is 16.6. The molecule has 4 aliphatic rings. The van der Waals surface area contributed by atoms with Crippen molar-refractivity contribution in [3.05, 3.63) is 35.5 Å². The molecule has 3 atom stereocenters. The van der Waals surface area contributed by atoms with Gasteiger partial charge in [0.1, 0.15) is 23.5 Å². The Kier molecular flexibility index (Phi) is 13.4. The van der Waals surface area contributed by atoms with Crippen LogP contribution in [0.15, 0.2) is 24.3 Å². The van der Waals surface area contributed by atoms with E-state index in [2.05, 4.69) is 15.6 Å². The number of aromatic nitrogens is 1. The number of likely N-dealkylation sites (tertiary alicyclic amines) is 1. The quantitative estimate of drug-likeness (QED) is 0.269. The van der Waals surface area contributed by atoms with Crippen LogP contribution in [0.4, 0.5) is 4.79 Å². The number of piperazine rings is 1. The van der Waals surface area contributed by atoms with E-state index < -0.39 is 36.0 Å².